The topological polar surface area (TPSA) is 101 Å². The number of aromatic amines is 1. The van der Waals surface area contributed by atoms with E-state index in [2.05, 4.69) is 36.2 Å². The fraction of sp³-hybridized carbons (Fsp3) is 0.174. The Hall–Kier alpha value is -4.32. The van der Waals surface area contributed by atoms with Gasteiger partial charge in [0.25, 0.3) is 5.56 Å². The molecule has 0 saturated heterocycles. The molecule has 3 heterocycles. The molecule has 4 aromatic rings. The summed E-state index contributed by atoms with van der Waals surface area (Å²) in [5, 5.41) is 3.33. The number of anilines is 1. The molecule has 3 aromatic heterocycles. The Morgan fingerprint density at radius 3 is 2.81 bits per heavy atom. The number of nitrogens with one attached hydrogen (secondary N) is 2. The Kier molecular flexibility index (Phi) is 6.03. The van der Waals surface area contributed by atoms with Gasteiger partial charge in [-0.3, -0.25) is 9.36 Å². The number of aromatic nitrogens is 6. The van der Waals surface area contributed by atoms with Crippen molar-refractivity contribution >= 4 is 23.1 Å². The zero-order valence-corrected chi connectivity index (χ0v) is 17.3. The first-order valence-corrected chi connectivity index (χ1v) is 9.98. The second kappa shape index (κ2) is 9.22. The van der Waals surface area contributed by atoms with Crippen LogP contribution in [0.5, 0.6) is 0 Å². The predicted octanol–water partition coefficient (Wildman–Crippen LogP) is 3.58. The third-order valence-corrected chi connectivity index (χ3v) is 4.97. The van der Waals surface area contributed by atoms with Gasteiger partial charge in [0.05, 0.1) is 29.3 Å². The van der Waals surface area contributed by atoms with Crippen LogP contribution in [-0.2, 0) is 6.67 Å². The number of imidazole rings is 1. The molecule has 1 atom stereocenters. The maximum Gasteiger partial charge on any atom is 0.264 e. The van der Waals surface area contributed by atoms with E-state index in [1.165, 1.54) is 29.4 Å². The van der Waals surface area contributed by atoms with Crippen molar-refractivity contribution in [3.05, 3.63) is 76.5 Å². The highest BCUT2D eigenvalue weighted by Gasteiger charge is 2.23. The smallest absolute Gasteiger partial charge is 0.264 e. The summed E-state index contributed by atoms with van der Waals surface area (Å²) in [5.41, 5.74) is 1.37. The molecule has 0 saturated carbocycles. The first-order valence-electron chi connectivity index (χ1n) is 9.98. The molecule has 0 amide bonds. The molecule has 160 valence electrons. The lowest BCUT2D eigenvalue weighted by Crippen LogP contribution is -2.31. The maximum absolute atomic E-state index is 13.9. The van der Waals surface area contributed by atoms with Crippen LogP contribution in [0.2, 0.25) is 0 Å². The Bertz CT molecular complexity index is 1370. The average Bonchev–Trinajstić information content (AvgIpc) is 3.31. The van der Waals surface area contributed by atoms with Crippen LogP contribution >= 0.6 is 0 Å². The van der Waals surface area contributed by atoms with Gasteiger partial charge in [-0.05, 0) is 30.7 Å². The van der Waals surface area contributed by atoms with Gasteiger partial charge in [0, 0.05) is 0 Å². The molecule has 9 heteroatoms. The van der Waals surface area contributed by atoms with Gasteiger partial charge in [-0.15, -0.1) is 6.42 Å². The molecule has 0 fully saturated rings. The molecule has 0 unspecified atom stereocenters. The van der Waals surface area contributed by atoms with Gasteiger partial charge in [0.2, 0.25) is 0 Å². The molecular formula is C23H20FN7O. The number of para-hydroxylation sites is 1. The van der Waals surface area contributed by atoms with E-state index in [9.17, 15) is 9.18 Å². The van der Waals surface area contributed by atoms with Crippen molar-refractivity contribution < 1.29 is 4.39 Å². The number of rotatable bonds is 7. The van der Waals surface area contributed by atoms with E-state index in [1.807, 2.05) is 13.0 Å². The van der Waals surface area contributed by atoms with E-state index < -0.39 is 18.3 Å². The van der Waals surface area contributed by atoms with Crippen LogP contribution in [0.15, 0.2) is 53.9 Å². The number of nitrogens with zero attached hydrogens (tertiary/aromatic N) is 5. The van der Waals surface area contributed by atoms with Crippen LogP contribution in [0.3, 0.4) is 0 Å². The number of benzene rings is 1. The second-order valence-corrected chi connectivity index (χ2v) is 6.87. The highest BCUT2D eigenvalue weighted by molar-refractivity contribution is 5.82. The van der Waals surface area contributed by atoms with Crippen LogP contribution in [-0.4, -0.2) is 29.5 Å². The van der Waals surface area contributed by atoms with Gasteiger partial charge in [-0.25, -0.2) is 24.3 Å². The third kappa shape index (κ3) is 3.86. The molecule has 0 bridgehead atoms. The lowest BCUT2D eigenvalue weighted by atomic mass is 10.1. The summed E-state index contributed by atoms with van der Waals surface area (Å²) in [6.07, 6.45) is 11.7. The summed E-state index contributed by atoms with van der Waals surface area (Å²) in [7, 11) is 0. The van der Waals surface area contributed by atoms with Crippen LogP contribution in [0, 0.1) is 12.3 Å². The number of fused-ring (bicyclic) bond motifs is 1. The molecule has 32 heavy (non-hydrogen) atoms. The summed E-state index contributed by atoms with van der Waals surface area (Å²) in [6.45, 7) is 0.985. The minimum atomic E-state index is -0.964. The quantitative estimate of drug-likeness (QED) is 0.436. The van der Waals surface area contributed by atoms with Crippen molar-refractivity contribution in [2.75, 3.05) is 5.32 Å². The zero-order chi connectivity index (χ0) is 22.5. The standard InChI is InChI=1S/C23H20FN7O/c1-3-5-11-18-16(12-24)23(32)31(15-9-7-6-8-10-15)22(30-18)17(4-2)29-21-19-20(26-13-25-19)27-14-28-21/h1,5-11,13-14,17H,4,12H2,2H3,(H2,25,26,27,28,29)/b11-5-/t17-/m0/s1. The summed E-state index contributed by atoms with van der Waals surface area (Å²) in [6, 6.07) is 8.56. The fourth-order valence-corrected chi connectivity index (χ4v) is 3.43. The lowest BCUT2D eigenvalue weighted by Gasteiger charge is -2.23. The maximum atomic E-state index is 13.9. The van der Waals surface area contributed by atoms with Crippen molar-refractivity contribution in [2.45, 2.75) is 26.1 Å². The van der Waals surface area contributed by atoms with E-state index in [4.69, 9.17) is 6.42 Å². The molecule has 8 nitrogen and oxygen atoms in total. The average molecular weight is 429 g/mol. The normalized spacial score (nSPS) is 12.2. The van der Waals surface area contributed by atoms with Gasteiger partial charge < -0.3 is 10.3 Å². The van der Waals surface area contributed by atoms with Crippen molar-refractivity contribution in [1.29, 1.82) is 0 Å². The summed E-state index contributed by atoms with van der Waals surface area (Å²) < 4.78 is 15.3. The summed E-state index contributed by atoms with van der Waals surface area (Å²) in [4.78, 5) is 33.6. The van der Waals surface area contributed by atoms with E-state index in [0.717, 1.165) is 0 Å². The second-order valence-electron chi connectivity index (χ2n) is 6.87. The van der Waals surface area contributed by atoms with Crippen LogP contribution in [0.1, 0.15) is 36.5 Å². The largest absolute Gasteiger partial charge is 0.358 e. The Morgan fingerprint density at radius 1 is 1.28 bits per heavy atom. The minimum absolute atomic E-state index is 0.0584. The molecular weight excluding hydrogens is 409 g/mol. The highest BCUT2D eigenvalue weighted by atomic mass is 19.1. The van der Waals surface area contributed by atoms with Gasteiger partial charge in [-0.2, -0.15) is 0 Å². The number of allylic oxidation sites excluding steroid dienone is 1. The third-order valence-electron chi connectivity index (χ3n) is 4.97. The van der Waals surface area contributed by atoms with Crippen molar-refractivity contribution in [3.63, 3.8) is 0 Å². The van der Waals surface area contributed by atoms with Gasteiger partial charge in [-0.1, -0.05) is 31.0 Å². The SMILES string of the molecule is C#C/C=C\c1nc([C@H](CC)Nc2ncnc3nc[nH]c23)n(-c2ccccc2)c(=O)c1CF. The van der Waals surface area contributed by atoms with Crippen molar-refractivity contribution in [2.24, 2.45) is 0 Å². The van der Waals surface area contributed by atoms with E-state index in [0.29, 0.717) is 34.9 Å². The minimum Gasteiger partial charge on any atom is -0.358 e. The van der Waals surface area contributed by atoms with E-state index in [1.54, 1.807) is 24.3 Å². The first-order chi connectivity index (χ1) is 15.7. The van der Waals surface area contributed by atoms with Crippen molar-refractivity contribution in [1.82, 2.24) is 29.5 Å². The molecule has 4 rings (SSSR count). The number of hydrogen-bond acceptors (Lipinski definition) is 6. The van der Waals surface area contributed by atoms with Gasteiger partial charge >= 0.3 is 0 Å². The number of terminal acetylenes is 1. The Labute approximate surface area is 183 Å². The Morgan fingerprint density at radius 2 is 2.09 bits per heavy atom. The molecule has 0 aliphatic rings. The monoisotopic (exact) mass is 429 g/mol. The Balaban J connectivity index is 1.93. The fourth-order valence-electron chi connectivity index (χ4n) is 3.43. The van der Waals surface area contributed by atoms with Crippen LogP contribution in [0.25, 0.3) is 22.9 Å². The van der Waals surface area contributed by atoms with E-state index >= 15 is 0 Å². The molecule has 0 spiro atoms. The predicted molar refractivity (Wildman–Crippen MR) is 121 cm³/mol. The molecule has 0 radical (unpaired) electrons. The molecule has 2 N–H and O–H groups in total. The van der Waals surface area contributed by atoms with Gasteiger partial charge in [0.1, 0.15) is 24.3 Å². The molecule has 0 aliphatic carbocycles. The van der Waals surface area contributed by atoms with Crippen molar-refractivity contribution in [3.8, 4) is 18.0 Å². The van der Waals surface area contributed by atoms with Crippen LogP contribution in [0.4, 0.5) is 10.2 Å². The summed E-state index contributed by atoms with van der Waals surface area (Å²) >= 11 is 0. The zero-order valence-electron chi connectivity index (χ0n) is 17.3. The van der Waals surface area contributed by atoms with Gasteiger partial charge in [0.15, 0.2) is 11.5 Å². The lowest BCUT2D eigenvalue weighted by molar-refractivity contribution is 0.475. The number of halogens is 1. The highest BCUT2D eigenvalue weighted by Crippen LogP contribution is 2.25. The number of hydrogen-bond donors (Lipinski definition) is 2. The first kappa shape index (κ1) is 20.9. The van der Waals surface area contributed by atoms with Crippen LogP contribution < -0.4 is 10.9 Å². The number of alkyl halides is 1. The molecule has 0 aliphatic heterocycles. The summed E-state index contributed by atoms with van der Waals surface area (Å²) in [5.74, 6) is 3.28. The molecule has 1 aromatic carbocycles. The van der Waals surface area contributed by atoms with E-state index in [-0.39, 0.29) is 11.3 Å². The number of H-pyrrole nitrogens is 1.